The van der Waals surface area contributed by atoms with Gasteiger partial charge < -0.3 is 20.4 Å². The Bertz CT molecular complexity index is 831. The maximum atomic E-state index is 13.1. The van der Waals surface area contributed by atoms with Crippen LogP contribution in [0.1, 0.15) is 15.9 Å². The number of amides is 1. The van der Waals surface area contributed by atoms with Crippen LogP contribution in [0.15, 0.2) is 53.5 Å². The summed E-state index contributed by atoms with van der Waals surface area (Å²) in [6.07, 6.45) is 0. The van der Waals surface area contributed by atoms with Gasteiger partial charge in [0.15, 0.2) is 5.96 Å². The zero-order chi connectivity index (χ0) is 20.1. The average molecular weight is 511 g/mol. The van der Waals surface area contributed by atoms with Crippen LogP contribution in [0, 0.1) is 5.82 Å². The lowest BCUT2D eigenvalue weighted by Crippen LogP contribution is -2.51. The van der Waals surface area contributed by atoms with Crippen LogP contribution < -0.4 is 10.6 Å². The second-order valence-electron chi connectivity index (χ2n) is 7.02. The van der Waals surface area contributed by atoms with Crippen LogP contribution in [0.4, 0.5) is 10.1 Å². The third kappa shape index (κ3) is 6.06. The van der Waals surface area contributed by atoms with Crippen LogP contribution in [-0.4, -0.2) is 61.9 Å². The fourth-order valence-corrected chi connectivity index (χ4v) is 3.13. The minimum atomic E-state index is -0.224. The number of piperazine rings is 1. The zero-order valence-corrected chi connectivity index (χ0v) is 19.0. The normalized spacial score (nSPS) is 14.4. The second kappa shape index (κ2) is 10.4. The van der Waals surface area contributed by atoms with E-state index in [1.165, 1.54) is 12.1 Å². The molecule has 1 amide bonds. The molecule has 2 N–H and O–H groups in total. The molecular weight excluding hydrogens is 484 g/mol. The van der Waals surface area contributed by atoms with Gasteiger partial charge in [-0.2, -0.15) is 0 Å². The van der Waals surface area contributed by atoms with E-state index in [-0.39, 0.29) is 35.7 Å². The van der Waals surface area contributed by atoms with Crippen molar-refractivity contribution in [2.75, 3.05) is 45.2 Å². The predicted octanol–water partition coefficient (Wildman–Crippen LogP) is 2.78. The minimum Gasteiger partial charge on any atom is -0.370 e. The molecule has 0 aromatic heterocycles. The van der Waals surface area contributed by atoms with Gasteiger partial charge in [-0.05, 0) is 42.0 Å². The van der Waals surface area contributed by atoms with E-state index in [0.717, 1.165) is 37.4 Å². The first kappa shape index (κ1) is 22.9. The van der Waals surface area contributed by atoms with Crippen molar-refractivity contribution in [3.05, 3.63) is 65.5 Å². The maximum absolute atomic E-state index is 13.1. The van der Waals surface area contributed by atoms with Crippen molar-refractivity contribution < 1.29 is 9.18 Å². The number of nitrogens with zero attached hydrogens (tertiary/aromatic N) is 4. The highest BCUT2D eigenvalue weighted by Gasteiger charge is 2.18. The molecule has 1 saturated heterocycles. The quantitative estimate of drug-likeness (QED) is 0.390. The molecule has 0 aliphatic carbocycles. The second-order valence-corrected chi connectivity index (χ2v) is 7.02. The molecule has 1 aliphatic rings. The lowest BCUT2D eigenvalue weighted by molar-refractivity contribution is 0.0827. The van der Waals surface area contributed by atoms with Crippen molar-refractivity contribution in [1.82, 2.24) is 9.80 Å². The third-order valence-corrected chi connectivity index (χ3v) is 4.83. The van der Waals surface area contributed by atoms with Crippen molar-refractivity contribution in [2.24, 2.45) is 10.7 Å². The Morgan fingerprint density at radius 3 is 2.17 bits per heavy atom. The standard InChI is InChI=1S/C21H26FN5O.HI/c1-25(2)20(28)17-5-3-16(4-6-17)15-24-21(23)27-13-11-26(12-14-27)19-9-7-18(22)8-10-19;/h3-10H,11-15H2,1-2H3,(H2,23,24);1H. The van der Waals surface area contributed by atoms with Crippen molar-refractivity contribution in [2.45, 2.75) is 6.54 Å². The molecule has 8 heteroatoms. The third-order valence-electron chi connectivity index (χ3n) is 4.83. The molecule has 1 aliphatic heterocycles. The van der Waals surface area contributed by atoms with Gasteiger partial charge in [0.2, 0.25) is 0 Å². The monoisotopic (exact) mass is 511 g/mol. The van der Waals surface area contributed by atoms with E-state index in [1.54, 1.807) is 31.1 Å². The predicted molar refractivity (Wildman–Crippen MR) is 125 cm³/mol. The lowest BCUT2D eigenvalue weighted by Gasteiger charge is -2.36. The largest absolute Gasteiger partial charge is 0.370 e. The summed E-state index contributed by atoms with van der Waals surface area (Å²) in [6, 6.07) is 14.0. The van der Waals surface area contributed by atoms with Crippen LogP contribution in [0.25, 0.3) is 0 Å². The van der Waals surface area contributed by atoms with E-state index in [0.29, 0.717) is 18.1 Å². The molecule has 2 aromatic rings. The summed E-state index contributed by atoms with van der Waals surface area (Å²) in [5.74, 6) is 0.277. The molecule has 3 rings (SSSR count). The van der Waals surface area contributed by atoms with E-state index in [2.05, 4.69) is 14.8 Å². The van der Waals surface area contributed by atoms with Gasteiger partial charge in [-0.1, -0.05) is 12.1 Å². The number of halogens is 2. The molecule has 0 unspecified atom stereocenters. The van der Waals surface area contributed by atoms with E-state index in [9.17, 15) is 9.18 Å². The highest BCUT2D eigenvalue weighted by Crippen LogP contribution is 2.17. The summed E-state index contributed by atoms with van der Waals surface area (Å²) >= 11 is 0. The van der Waals surface area contributed by atoms with Crippen LogP contribution in [-0.2, 0) is 6.54 Å². The molecule has 1 fully saturated rings. The van der Waals surface area contributed by atoms with Crippen molar-refractivity contribution in [3.8, 4) is 0 Å². The number of carbonyl (C=O) groups excluding carboxylic acids is 1. The van der Waals surface area contributed by atoms with Gasteiger partial charge in [0.05, 0.1) is 6.54 Å². The number of hydrogen-bond acceptors (Lipinski definition) is 3. The Hall–Kier alpha value is -2.36. The molecule has 0 saturated carbocycles. The lowest BCUT2D eigenvalue weighted by atomic mass is 10.1. The number of benzene rings is 2. The molecule has 2 aromatic carbocycles. The van der Waals surface area contributed by atoms with Crippen LogP contribution in [0.2, 0.25) is 0 Å². The highest BCUT2D eigenvalue weighted by atomic mass is 127. The van der Waals surface area contributed by atoms with Gasteiger partial charge >= 0.3 is 0 Å². The molecule has 6 nitrogen and oxygen atoms in total. The van der Waals surface area contributed by atoms with Gasteiger partial charge in [0.1, 0.15) is 5.82 Å². The Labute approximate surface area is 188 Å². The van der Waals surface area contributed by atoms with Gasteiger partial charge in [-0.3, -0.25) is 4.79 Å². The fraction of sp³-hybridized carbons (Fsp3) is 0.333. The highest BCUT2D eigenvalue weighted by molar-refractivity contribution is 14.0. The van der Waals surface area contributed by atoms with E-state index in [4.69, 9.17) is 5.73 Å². The Balaban J connectivity index is 0.00000300. The number of aliphatic imine (C=N–C) groups is 1. The first-order valence-corrected chi connectivity index (χ1v) is 9.30. The summed E-state index contributed by atoms with van der Waals surface area (Å²) in [6.45, 7) is 3.62. The van der Waals surface area contributed by atoms with Crippen molar-refractivity contribution >= 4 is 41.5 Å². The molecular formula is C21H27FIN5O. The van der Waals surface area contributed by atoms with Crippen molar-refractivity contribution in [3.63, 3.8) is 0 Å². The van der Waals surface area contributed by atoms with Gasteiger partial charge in [0.25, 0.3) is 5.91 Å². The average Bonchev–Trinajstić information content (AvgIpc) is 2.72. The van der Waals surface area contributed by atoms with Gasteiger partial charge in [-0.15, -0.1) is 24.0 Å². The molecule has 0 spiro atoms. The fourth-order valence-electron chi connectivity index (χ4n) is 3.13. The summed E-state index contributed by atoms with van der Waals surface area (Å²) in [4.78, 5) is 22.2. The van der Waals surface area contributed by atoms with E-state index < -0.39 is 0 Å². The van der Waals surface area contributed by atoms with Crippen molar-refractivity contribution in [1.29, 1.82) is 0 Å². The number of guanidine groups is 1. The number of nitrogens with two attached hydrogens (primary N) is 1. The number of hydrogen-bond donors (Lipinski definition) is 1. The summed E-state index contributed by atoms with van der Waals surface area (Å²) < 4.78 is 13.1. The Morgan fingerprint density at radius 2 is 1.62 bits per heavy atom. The smallest absolute Gasteiger partial charge is 0.253 e. The summed E-state index contributed by atoms with van der Waals surface area (Å²) in [5, 5.41) is 0. The molecule has 29 heavy (non-hydrogen) atoms. The molecule has 1 heterocycles. The number of anilines is 1. The van der Waals surface area contributed by atoms with Crippen LogP contribution in [0.3, 0.4) is 0 Å². The maximum Gasteiger partial charge on any atom is 0.253 e. The molecule has 0 bridgehead atoms. The van der Waals surface area contributed by atoms with Crippen LogP contribution >= 0.6 is 24.0 Å². The van der Waals surface area contributed by atoms with Gasteiger partial charge in [0, 0.05) is 51.5 Å². The summed E-state index contributed by atoms with van der Waals surface area (Å²) in [5.41, 5.74) is 8.84. The first-order valence-electron chi connectivity index (χ1n) is 9.30. The van der Waals surface area contributed by atoms with E-state index in [1.807, 2.05) is 24.3 Å². The van der Waals surface area contributed by atoms with Crippen LogP contribution in [0.5, 0.6) is 0 Å². The number of rotatable bonds is 4. The summed E-state index contributed by atoms with van der Waals surface area (Å²) in [7, 11) is 3.47. The first-order chi connectivity index (χ1) is 13.4. The SMILES string of the molecule is CN(C)C(=O)c1ccc(CN=C(N)N2CCN(c3ccc(F)cc3)CC2)cc1.I. The van der Waals surface area contributed by atoms with Gasteiger partial charge in [-0.25, -0.2) is 9.38 Å². The topological polar surface area (TPSA) is 65.2 Å². The molecule has 0 radical (unpaired) electrons. The Morgan fingerprint density at radius 1 is 1.03 bits per heavy atom. The molecule has 156 valence electrons. The molecule has 0 atom stereocenters. The zero-order valence-electron chi connectivity index (χ0n) is 16.7. The minimum absolute atomic E-state index is 0. The Kier molecular flexibility index (Phi) is 8.24. The van der Waals surface area contributed by atoms with E-state index >= 15 is 0 Å². The number of carbonyl (C=O) groups is 1.